The lowest BCUT2D eigenvalue weighted by atomic mass is 9.79. The molecule has 0 aromatic heterocycles. The van der Waals surface area contributed by atoms with E-state index in [0.29, 0.717) is 11.6 Å². The van der Waals surface area contributed by atoms with E-state index < -0.39 is 0 Å². The number of nitrogens with zero attached hydrogens (tertiary/aromatic N) is 1. The minimum Gasteiger partial charge on any atom is -0.375 e. The average Bonchev–Trinajstić information content (AvgIpc) is 2.38. The summed E-state index contributed by atoms with van der Waals surface area (Å²) >= 11 is 0. The summed E-state index contributed by atoms with van der Waals surface area (Å²) in [5.41, 5.74) is 0.393. The highest BCUT2D eigenvalue weighted by Crippen LogP contribution is 2.32. The summed E-state index contributed by atoms with van der Waals surface area (Å²) in [6.45, 7) is 13.1. The minimum absolute atomic E-state index is 0.0156. The second kappa shape index (κ2) is 6.76. The third-order valence-electron chi connectivity index (χ3n) is 4.93. The molecule has 1 aliphatic heterocycles. The molecule has 0 aromatic rings. The van der Waals surface area contributed by atoms with Crippen LogP contribution in [0.4, 0.5) is 0 Å². The molecule has 2 rings (SSSR count). The second-order valence-corrected chi connectivity index (χ2v) is 7.72. The van der Waals surface area contributed by atoms with Gasteiger partial charge in [-0.15, -0.1) is 0 Å². The van der Waals surface area contributed by atoms with Crippen molar-refractivity contribution in [2.24, 2.45) is 0 Å². The second-order valence-electron chi connectivity index (χ2n) is 7.72. The van der Waals surface area contributed by atoms with Gasteiger partial charge in [0.25, 0.3) is 0 Å². The third kappa shape index (κ3) is 4.44. The van der Waals surface area contributed by atoms with Crippen LogP contribution in [0.2, 0.25) is 0 Å². The SMILES string of the molecule is CCC1CNC2(CCCCC2)CN1CCOC(C)(C)C. The van der Waals surface area contributed by atoms with Crippen LogP contribution in [0, 0.1) is 0 Å². The normalized spacial score (nSPS) is 27.9. The summed E-state index contributed by atoms with van der Waals surface area (Å²) in [7, 11) is 0. The summed E-state index contributed by atoms with van der Waals surface area (Å²) in [5, 5.41) is 3.89. The zero-order valence-corrected chi connectivity index (χ0v) is 14.0. The van der Waals surface area contributed by atoms with E-state index in [0.717, 1.165) is 19.7 Å². The van der Waals surface area contributed by atoms with Gasteiger partial charge in [-0.3, -0.25) is 4.90 Å². The minimum atomic E-state index is -0.0156. The van der Waals surface area contributed by atoms with Crippen molar-refractivity contribution in [2.75, 3.05) is 26.2 Å². The van der Waals surface area contributed by atoms with E-state index in [4.69, 9.17) is 4.74 Å². The van der Waals surface area contributed by atoms with E-state index in [1.165, 1.54) is 45.1 Å². The highest BCUT2D eigenvalue weighted by Gasteiger charge is 2.39. The largest absolute Gasteiger partial charge is 0.375 e. The van der Waals surface area contributed by atoms with Crippen molar-refractivity contribution < 1.29 is 4.74 Å². The molecule has 1 spiro atoms. The van der Waals surface area contributed by atoms with Gasteiger partial charge < -0.3 is 10.1 Å². The Morgan fingerprint density at radius 2 is 1.90 bits per heavy atom. The van der Waals surface area contributed by atoms with Crippen LogP contribution in [0.3, 0.4) is 0 Å². The fourth-order valence-corrected chi connectivity index (χ4v) is 3.73. The van der Waals surface area contributed by atoms with E-state index >= 15 is 0 Å². The molecule has 1 aliphatic carbocycles. The molecule has 1 saturated heterocycles. The van der Waals surface area contributed by atoms with E-state index in [-0.39, 0.29) is 5.60 Å². The predicted molar refractivity (Wildman–Crippen MR) is 85.2 cm³/mol. The first-order chi connectivity index (χ1) is 9.44. The van der Waals surface area contributed by atoms with Gasteiger partial charge in [0.15, 0.2) is 0 Å². The van der Waals surface area contributed by atoms with Crippen LogP contribution >= 0.6 is 0 Å². The Kier molecular flexibility index (Phi) is 5.49. The molecular formula is C17H34N2O. The van der Waals surface area contributed by atoms with Crippen molar-refractivity contribution in [1.29, 1.82) is 0 Å². The molecule has 1 unspecified atom stereocenters. The molecule has 20 heavy (non-hydrogen) atoms. The third-order valence-corrected chi connectivity index (χ3v) is 4.93. The first kappa shape index (κ1) is 16.3. The molecule has 1 saturated carbocycles. The van der Waals surface area contributed by atoms with Crippen molar-refractivity contribution in [3.8, 4) is 0 Å². The lowest BCUT2D eigenvalue weighted by Gasteiger charge is -2.49. The molecule has 1 N–H and O–H groups in total. The van der Waals surface area contributed by atoms with Gasteiger partial charge in [0.05, 0.1) is 12.2 Å². The van der Waals surface area contributed by atoms with Crippen molar-refractivity contribution >= 4 is 0 Å². The highest BCUT2D eigenvalue weighted by atomic mass is 16.5. The van der Waals surface area contributed by atoms with Crippen LogP contribution in [-0.4, -0.2) is 48.3 Å². The Morgan fingerprint density at radius 1 is 1.20 bits per heavy atom. The maximum Gasteiger partial charge on any atom is 0.0600 e. The van der Waals surface area contributed by atoms with Gasteiger partial charge in [0.2, 0.25) is 0 Å². The van der Waals surface area contributed by atoms with Crippen LogP contribution in [-0.2, 0) is 4.74 Å². The lowest BCUT2D eigenvalue weighted by molar-refractivity contribution is -0.0309. The molecule has 1 heterocycles. The van der Waals surface area contributed by atoms with Gasteiger partial charge in [-0.2, -0.15) is 0 Å². The van der Waals surface area contributed by atoms with Gasteiger partial charge in [-0.05, 0) is 40.0 Å². The predicted octanol–water partition coefficient (Wildman–Crippen LogP) is 3.19. The van der Waals surface area contributed by atoms with E-state index in [1.54, 1.807) is 0 Å². The molecule has 0 bridgehead atoms. The number of hydrogen-bond acceptors (Lipinski definition) is 3. The van der Waals surface area contributed by atoms with Gasteiger partial charge in [0.1, 0.15) is 0 Å². The fraction of sp³-hybridized carbons (Fsp3) is 1.00. The van der Waals surface area contributed by atoms with Crippen molar-refractivity contribution in [1.82, 2.24) is 10.2 Å². The van der Waals surface area contributed by atoms with Crippen LogP contribution in [0.25, 0.3) is 0 Å². The first-order valence-corrected chi connectivity index (χ1v) is 8.57. The monoisotopic (exact) mass is 282 g/mol. The molecule has 0 aromatic carbocycles. The van der Waals surface area contributed by atoms with Gasteiger partial charge in [-0.25, -0.2) is 0 Å². The van der Waals surface area contributed by atoms with E-state index in [2.05, 4.69) is 37.9 Å². The number of hydrogen-bond donors (Lipinski definition) is 1. The summed E-state index contributed by atoms with van der Waals surface area (Å²) < 4.78 is 5.94. The smallest absolute Gasteiger partial charge is 0.0600 e. The standard InChI is InChI=1S/C17H34N2O/c1-5-15-13-18-17(9-7-6-8-10-17)14-19(15)11-12-20-16(2,3)4/h15,18H,5-14H2,1-4H3. The Hall–Kier alpha value is -0.120. The maximum absolute atomic E-state index is 5.94. The van der Waals surface area contributed by atoms with E-state index in [9.17, 15) is 0 Å². The van der Waals surface area contributed by atoms with Crippen molar-refractivity contribution in [3.05, 3.63) is 0 Å². The number of piperazine rings is 1. The Balaban J connectivity index is 1.89. The quantitative estimate of drug-likeness (QED) is 0.857. The topological polar surface area (TPSA) is 24.5 Å². The van der Waals surface area contributed by atoms with Crippen LogP contribution in [0.15, 0.2) is 0 Å². The van der Waals surface area contributed by atoms with Gasteiger partial charge in [-0.1, -0.05) is 26.2 Å². The van der Waals surface area contributed by atoms with Crippen molar-refractivity contribution in [3.63, 3.8) is 0 Å². The van der Waals surface area contributed by atoms with Gasteiger partial charge >= 0.3 is 0 Å². The molecule has 118 valence electrons. The Bertz CT molecular complexity index is 292. The van der Waals surface area contributed by atoms with Crippen molar-refractivity contribution in [2.45, 2.75) is 83.4 Å². The molecular weight excluding hydrogens is 248 g/mol. The Morgan fingerprint density at radius 3 is 2.50 bits per heavy atom. The summed E-state index contributed by atoms with van der Waals surface area (Å²) in [6.07, 6.45) is 8.18. The van der Waals surface area contributed by atoms with Crippen LogP contribution < -0.4 is 5.32 Å². The zero-order chi connectivity index (χ0) is 14.6. The Labute approximate surface area is 125 Å². The molecule has 2 aliphatic rings. The van der Waals surface area contributed by atoms with Gasteiger partial charge in [0, 0.05) is 31.2 Å². The molecule has 1 atom stereocenters. The molecule has 0 radical (unpaired) electrons. The van der Waals surface area contributed by atoms with E-state index in [1.807, 2.05) is 0 Å². The fourth-order valence-electron chi connectivity index (χ4n) is 3.73. The number of rotatable bonds is 4. The molecule has 3 nitrogen and oxygen atoms in total. The number of nitrogens with one attached hydrogen (secondary N) is 1. The number of ether oxygens (including phenoxy) is 1. The summed E-state index contributed by atoms with van der Waals surface area (Å²) in [5.74, 6) is 0. The zero-order valence-electron chi connectivity index (χ0n) is 14.0. The van der Waals surface area contributed by atoms with Crippen LogP contribution in [0.5, 0.6) is 0 Å². The first-order valence-electron chi connectivity index (χ1n) is 8.57. The summed E-state index contributed by atoms with van der Waals surface area (Å²) in [6, 6.07) is 0.686. The average molecular weight is 282 g/mol. The molecule has 3 heteroatoms. The molecule has 2 fully saturated rings. The molecule has 0 amide bonds. The highest BCUT2D eigenvalue weighted by molar-refractivity contribution is 4.99. The lowest BCUT2D eigenvalue weighted by Crippen LogP contribution is -2.65. The summed E-state index contributed by atoms with van der Waals surface area (Å²) in [4.78, 5) is 2.69. The van der Waals surface area contributed by atoms with Crippen LogP contribution in [0.1, 0.15) is 66.2 Å². The maximum atomic E-state index is 5.94.